The highest BCUT2D eigenvalue weighted by atomic mass is 16.5. The van der Waals surface area contributed by atoms with Gasteiger partial charge in [-0.2, -0.15) is 0 Å². The Labute approximate surface area is 345 Å². The van der Waals surface area contributed by atoms with E-state index in [0.29, 0.717) is 0 Å². The molecule has 55 heavy (non-hydrogen) atoms. The van der Waals surface area contributed by atoms with E-state index in [-0.39, 0.29) is 0 Å². The van der Waals surface area contributed by atoms with E-state index in [4.69, 9.17) is 4.74 Å². The van der Waals surface area contributed by atoms with E-state index in [2.05, 4.69) is 27.7 Å². The lowest BCUT2D eigenvalue weighted by Crippen LogP contribution is -2.34. The molecule has 0 spiro atoms. The Morgan fingerprint density at radius 1 is 0.309 bits per heavy atom. The van der Waals surface area contributed by atoms with Gasteiger partial charge >= 0.3 is 0 Å². The van der Waals surface area contributed by atoms with Crippen molar-refractivity contribution >= 4 is 0 Å². The molecule has 0 saturated heterocycles. The van der Waals surface area contributed by atoms with Crippen LogP contribution in [0, 0.1) is 82.9 Å². The molecule has 1 heteroatoms. The van der Waals surface area contributed by atoms with Gasteiger partial charge in [-0.1, -0.05) is 130 Å². The highest BCUT2D eigenvalue weighted by molar-refractivity contribution is 4.90. The SMILES string of the molecule is CCCC1CCC(C2CCC(C(CCOCCC(C3CCC(CCC)CC3)C3CCC(C4CCC(CCC)CC4)CC3)C3CCC(CCC)CC3)CC2)CC1. The Bertz CT molecular complexity index is 877. The predicted molar refractivity (Wildman–Crippen MR) is 239 cm³/mol. The molecular weight excluding hydrogens is 665 g/mol. The zero-order valence-electron chi connectivity index (χ0n) is 37.9. The Kier molecular flexibility index (Phi) is 19.6. The molecule has 0 bridgehead atoms. The van der Waals surface area contributed by atoms with Crippen molar-refractivity contribution in [3.8, 4) is 0 Å². The summed E-state index contributed by atoms with van der Waals surface area (Å²) in [4.78, 5) is 0. The summed E-state index contributed by atoms with van der Waals surface area (Å²) in [5, 5.41) is 0. The van der Waals surface area contributed by atoms with Gasteiger partial charge in [0.15, 0.2) is 0 Å². The zero-order chi connectivity index (χ0) is 38.2. The van der Waals surface area contributed by atoms with Gasteiger partial charge in [-0.25, -0.2) is 0 Å². The second kappa shape index (κ2) is 24.3. The highest BCUT2D eigenvalue weighted by Gasteiger charge is 2.39. The monoisotopic (exact) mass is 763 g/mol. The van der Waals surface area contributed by atoms with Crippen LogP contribution in [0.2, 0.25) is 0 Å². The highest BCUT2D eigenvalue weighted by Crippen LogP contribution is 2.50. The van der Waals surface area contributed by atoms with Crippen molar-refractivity contribution in [1.29, 1.82) is 0 Å². The van der Waals surface area contributed by atoms with Crippen molar-refractivity contribution in [3.05, 3.63) is 0 Å². The van der Waals surface area contributed by atoms with Crippen molar-refractivity contribution in [3.63, 3.8) is 0 Å². The van der Waals surface area contributed by atoms with E-state index in [0.717, 1.165) is 96.1 Å². The lowest BCUT2D eigenvalue weighted by Gasteiger charge is -2.43. The smallest absolute Gasteiger partial charge is 0.0468 e. The summed E-state index contributed by atoms with van der Waals surface area (Å²) in [5.41, 5.74) is 0. The van der Waals surface area contributed by atoms with Crippen LogP contribution in [0.25, 0.3) is 0 Å². The van der Waals surface area contributed by atoms with E-state index in [9.17, 15) is 0 Å². The molecular formula is C54H98O. The minimum Gasteiger partial charge on any atom is -0.381 e. The van der Waals surface area contributed by atoms with E-state index in [1.807, 2.05) is 0 Å². The summed E-state index contributed by atoms with van der Waals surface area (Å²) in [6, 6.07) is 0. The first kappa shape index (κ1) is 44.5. The molecule has 6 fully saturated rings. The van der Waals surface area contributed by atoms with Crippen molar-refractivity contribution in [2.24, 2.45) is 82.9 Å². The maximum absolute atomic E-state index is 6.87. The quantitative estimate of drug-likeness (QED) is 0.112. The molecule has 0 aromatic heterocycles. The van der Waals surface area contributed by atoms with Crippen molar-refractivity contribution in [2.45, 2.75) is 246 Å². The van der Waals surface area contributed by atoms with Crippen LogP contribution in [0.5, 0.6) is 0 Å². The summed E-state index contributed by atoms with van der Waals surface area (Å²) in [6.07, 6.45) is 51.3. The summed E-state index contributed by atoms with van der Waals surface area (Å²) in [5.74, 6) is 14.3. The number of hydrogen-bond acceptors (Lipinski definition) is 1. The Morgan fingerprint density at radius 3 is 0.782 bits per heavy atom. The average molecular weight is 763 g/mol. The van der Waals surface area contributed by atoms with Crippen molar-refractivity contribution < 1.29 is 4.74 Å². The van der Waals surface area contributed by atoms with Gasteiger partial charge in [-0.3, -0.25) is 0 Å². The molecule has 2 atom stereocenters. The Balaban J connectivity index is 0.987. The van der Waals surface area contributed by atoms with E-state index in [1.165, 1.54) is 116 Å². The zero-order valence-corrected chi connectivity index (χ0v) is 37.9. The first-order valence-electron chi connectivity index (χ1n) is 26.7. The first-order chi connectivity index (χ1) is 27.1. The minimum absolute atomic E-state index is 0.945. The summed E-state index contributed by atoms with van der Waals surface area (Å²) in [7, 11) is 0. The van der Waals surface area contributed by atoms with Gasteiger partial charge < -0.3 is 4.74 Å². The molecule has 0 aliphatic heterocycles. The second-order valence-corrected chi connectivity index (χ2v) is 22.1. The van der Waals surface area contributed by atoms with Crippen LogP contribution in [0.15, 0.2) is 0 Å². The summed E-state index contributed by atoms with van der Waals surface area (Å²) >= 11 is 0. The molecule has 6 aliphatic carbocycles. The fraction of sp³-hybridized carbons (Fsp3) is 1.00. The molecule has 6 aliphatic rings. The molecule has 0 radical (unpaired) electrons. The molecule has 0 aromatic carbocycles. The molecule has 0 amide bonds. The lowest BCUT2D eigenvalue weighted by molar-refractivity contribution is 0.0304. The standard InChI is InChI=1S/C54H98O/c1-5-9-41-13-21-45(22-14-41)47-29-33-51(34-30-47)53(49-25-17-43(11-7-3)18-26-49)37-39-55-40-38-54(50-27-19-44(12-8-4)20-28-50)52-35-31-48(32-36-52)46-23-15-42(10-6-2)16-24-46/h41-54H,5-40H2,1-4H3. The van der Waals surface area contributed by atoms with Crippen LogP contribution >= 0.6 is 0 Å². The largest absolute Gasteiger partial charge is 0.381 e. The van der Waals surface area contributed by atoms with Gasteiger partial charge in [0, 0.05) is 13.2 Å². The minimum atomic E-state index is 0.945. The third-order valence-electron chi connectivity index (χ3n) is 18.9. The number of rotatable bonds is 20. The molecule has 0 N–H and O–H groups in total. The van der Waals surface area contributed by atoms with Crippen molar-refractivity contribution in [1.82, 2.24) is 0 Å². The van der Waals surface area contributed by atoms with E-state index < -0.39 is 0 Å². The Hall–Kier alpha value is -0.0400. The van der Waals surface area contributed by atoms with Gasteiger partial charge in [-0.15, -0.1) is 0 Å². The van der Waals surface area contributed by atoms with E-state index >= 15 is 0 Å². The van der Waals surface area contributed by atoms with Crippen LogP contribution in [-0.4, -0.2) is 13.2 Å². The third kappa shape index (κ3) is 13.5. The summed E-state index contributed by atoms with van der Waals surface area (Å²) < 4.78 is 6.87. The maximum atomic E-state index is 6.87. The number of ether oxygens (including phenoxy) is 1. The molecule has 320 valence electrons. The maximum Gasteiger partial charge on any atom is 0.0468 e. The predicted octanol–water partition coefficient (Wildman–Crippen LogP) is 17.1. The fourth-order valence-corrected chi connectivity index (χ4v) is 15.7. The molecule has 6 saturated carbocycles. The van der Waals surface area contributed by atoms with Gasteiger partial charge in [0.2, 0.25) is 0 Å². The van der Waals surface area contributed by atoms with Crippen LogP contribution in [-0.2, 0) is 4.74 Å². The number of hydrogen-bond donors (Lipinski definition) is 0. The second-order valence-electron chi connectivity index (χ2n) is 22.1. The normalized spacial score (nSPS) is 39.1. The first-order valence-corrected chi connectivity index (χ1v) is 26.7. The van der Waals surface area contributed by atoms with Gasteiger partial charge in [0.05, 0.1) is 0 Å². The van der Waals surface area contributed by atoms with Gasteiger partial charge in [0.1, 0.15) is 0 Å². The topological polar surface area (TPSA) is 9.23 Å². The van der Waals surface area contributed by atoms with E-state index in [1.54, 1.807) is 103 Å². The molecule has 6 rings (SSSR count). The lowest BCUT2D eigenvalue weighted by atomic mass is 9.63. The average Bonchev–Trinajstić information content (AvgIpc) is 3.23. The molecule has 0 aromatic rings. The molecule has 1 nitrogen and oxygen atoms in total. The van der Waals surface area contributed by atoms with Gasteiger partial charge in [0.25, 0.3) is 0 Å². The third-order valence-corrected chi connectivity index (χ3v) is 18.9. The molecule has 0 heterocycles. The van der Waals surface area contributed by atoms with Crippen molar-refractivity contribution in [2.75, 3.05) is 13.2 Å². The fourth-order valence-electron chi connectivity index (χ4n) is 15.7. The molecule has 2 unspecified atom stereocenters. The van der Waals surface area contributed by atoms with Gasteiger partial charge in [-0.05, 0) is 198 Å². The van der Waals surface area contributed by atoms with Crippen LogP contribution in [0.4, 0.5) is 0 Å². The summed E-state index contributed by atoms with van der Waals surface area (Å²) in [6.45, 7) is 11.7. The van der Waals surface area contributed by atoms with Crippen LogP contribution < -0.4 is 0 Å². The Morgan fingerprint density at radius 2 is 0.527 bits per heavy atom. The van der Waals surface area contributed by atoms with Crippen LogP contribution in [0.3, 0.4) is 0 Å². The van der Waals surface area contributed by atoms with Crippen LogP contribution in [0.1, 0.15) is 246 Å².